The molecule has 1 saturated carbocycles. The third-order valence-electron chi connectivity index (χ3n) is 8.87. The number of nitrogens with one attached hydrogen (secondary N) is 1. The summed E-state index contributed by atoms with van der Waals surface area (Å²) < 4.78 is 33.7. The number of ether oxygens (including phenoxy) is 3. The first-order chi connectivity index (χ1) is 21.2. The third-order valence-corrected chi connectivity index (χ3v) is 9.18. The van der Waals surface area contributed by atoms with Crippen molar-refractivity contribution in [2.45, 2.75) is 63.1 Å². The van der Waals surface area contributed by atoms with Gasteiger partial charge in [0.1, 0.15) is 5.82 Å². The van der Waals surface area contributed by atoms with Crippen LogP contribution in [0, 0.1) is 11.7 Å². The Balaban J connectivity index is 1.24. The predicted octanol–water partition coefficient (Wildman–Crippen LogP) is 5.52. The van der Waals surface area contributed by atoms with Gasteiger partial charge in [0.05, 0.1) is 67.1 Å². The first kappa shape index (κ1) is 31.9. The van der Waals surface area contributed by atoms with Crippen LogP contribution < -0.4 is 5.32 Å². The van der Waals surface area contributed by atoms with E-state index >= 15 is 4.39 Å². The van der Waals surface area contributed by atoms with Crippen molar-refractivity contribution in [2.75, 3.05) is 32.8 Å². The molecule has 2 aromatic carbocycles. The molecular formula is C33H39ClFN3O6. The standard InChI is InChI=1S/C33H39ClFN3O6/c1-37-17-26(25-6-4-5-7-30(25)37)32(40)36-29-16-28(35)21(14-27(29)34)15-31(39)38-22(18-42-2)10-11-23(38)19-44-24-12-8-20(9-13-24)33(41)43-3/h4-7,14,16-17,20,22-24H,8-13,15,18-19H2,1-3H3,(H,36,40)/t20-,22-,23+,24-/m1/s1. The minimum Gasteiger partial charge on any atom is -0.469 e. The first-order valence-corrected chi connectivity index (χ1v) is 15.4. The van der Waals surface area contributed by atoms with E-state index in [-0.39, 0.29) is 58.7 Å². The Hall–Kier alpha value is -3.47. The van der Waals surface area contributed by atoms with Crippen LogP contribution in [0.4, 0.5) is 10.1 Å². The number of hydrogen-bond donors (Lipinski definition) is 1. The number of carbonyl (C=O) groups excluding carboxylic acids is 3. The minimum absolute atomic E-state index is 0.0159. The second-order valence-electron chi connectivity index (χ2n) is 11.7. The maximum Gasteiger partial charge on any atom is 0.308 e. The predicted molar refractivity (Wildman–Crippen MR) is 165 cm³/mol. The van der Waals surface area contributed by atoms with Crippen LogP contribution in [0.15, 0.2) is 42.6 Å². The highest BCUT2D eigenvalue weighted by Gasteiger charge is 2.38. The fraction of sp³-hybridized carbons (Fsp3) is 0.485. The van der Waals surface area contributed by atoms with E-state index in [1.807, 2.05) is 35.9 Å². The Labute approximate surface area is 261 Å². The normalized spacial score (nSPS) is 21.9. The summed E-state index contributed by atoms with van der Waals surface area (Å²) in [6.45, 7) is 0.733. The summed E-state index contributed by atoms with van der Waals surface area (Å²) in [5.74, 6) is -1.54. The number of carbonyl (C=O) groups is 3. The number of benzene rings is 2. The fourth-order valence-electron chi connectivity index (χ4n) is 6.55. The van der Waals surface area contributed by atoms with Crippen molar-refractivity contribution in [1.82, 2.24) is 9.47 Å². The van der Waals surface area contributed by atoms with Crippen LogP contribution in [0.3, 0.4) is 0 Å². The van der Waals surface area contributed by atoms with Crippen LogP contribution in [0.5, 0.6) is 0 Å². The molecule has 0 unspecified atom stereocenters. The van der Waals surface area contributed by atoms with E-state index in [0.29, 0.717) is 18.8 Å². The molecule has 2 amide bonds. The van der Waals surface area contributed by atoms with Gasteiger partial charge < -0.3 is 29.0 Å². The maximum atomic E-state index is 15.4. The molecule has 9 nitrogen and oxygen atoms in total. The largest absolute Gasteiger partial charge is 0.469 e. The highest BCUT2D eigenvalue weighted by molar-refractivity contribution is 6.34. The zero-order valence-corrected chi connectivity index (χ0v) is 26.1. The molecule has 1 saturated heterocycles. The molecule has 11 heteroatoms. The van der Waals surface area contributed by atoms with Crippen molar-refractivity contribution in [3.8, 4) is 0 Å². The quantitative estimate of drug-likeness (QED) is 0.297. The van der Waals surface area contributed by atoms with E-state index < -0.39 is 11.7 Å². The number of esters is 1. The van der Waals surface area contributed by atoms with Gasteiger partial charge in [-0.2, -0.15) is 0 Å². The van der Waals surface area contributed by atoms with Crippen molar-refractivity contribution < 1.29 is 33.0 Å². The molecule has 0 bridgehead atoms. The van der Waals surface area contributed by atoms with Crippen molar-refractivity contribution >= 4 is 46.0 Å². The number of amides is 2. The second kappa shape index (κ2) is 14.1. The lowest BCUT2D eigenvalue weighted by atomic mass is 9.87. The number of likely N-dealkylation sites (tertiary alicyclic amines) is 1. The SMILES string of the molecule is COC[C@H]1CC[C@@H](CO[C@H]2CC[C@H](C(=O)OC)CC2)N1C(=O)Cc1cc(Cl)c(NC(=O)c2cn(C)c3ccccc23)cc1F. The molecule has 236 valence electrons. The zero-order valence-electron chi connectivity index (χ0n) is 25.3. The average Bonchev–Trinajstić information content (AvgIpc) is 3.59. The van der Waals surface area contributed by atoms with Crippen LogP contribution >= 0.6 is 11.6 Å². The van der Waals surface area contributed by atoms with Gasteiger partial charge in [0.25, 0.3) is 5.91 Å². The number of fused-ring (bicyclic) bond motifs is 1. The number of aryl methyl sites for hydroxylation is 1. The van der Waals surface area contributed by atoms with E-state index in [4.69, 9.17) is 25.8 Å². The number of halogens is 2. The molecule has 2 fully saturated rings. The summed E-state index contributed by atoms with van der Waals surface area (Å²) in [6, 6.07) is 9.76. The van der Waals surface area contributed by atoms with Crippen LogP contribution in [0.1, 0.15) is 54.4 Å². The van der Waals surface area contributed by atoms with Crippen molar-refractivity contribution in [3.63, 3.8) is 0 Å². The van der Waals surface area contributed by atoms with Gasteiger partial charge in [-0.15, -0.1) is 0 Å². The van der Waals surface area contributed by atoms with Crippen LogP contribution in [-0.4, -0.2) is 72.9 Å². The highest BCUT2D eigenvalue weighted by Crippen LogP contribution is 2.32. The Morgan fingerprint density at radius 3 is 2.41 bits per heavy atom. The minimum atomic E-state index is -0.631. The number of hydrogen-bond acceptors (Lipinski definition) is 6. The van der Waals surface area contributed by atoms with Gasteiger partial charge in [0.2, 0.25) is 5.91 Å². The van der Waals surface area contributed by atoms with Gasteiger partial charge in [0.15, 0.2) is 0 Å². The lowest BCUT2D eigenvalue weighted by Crippen LogP contribution is -2.46. The summed E-state index contributed by atoms with van der Waals surface area (Å²) >= 11 is 6.50. The van der Waals surface area contributed by atoms with Crippen molar-refractivity contribution in [2.24, 2.45) is 13.0 Å². The van der Waals surface area contributed by atoms with E-state index in [2.05, 4.69) is 5.32 Å². The molecule has 1 N–H and O–H groups in total. The number of methoxy groups -OCH3 is 2. The third kappa shape index (κ3) is 6.92. The fourth-order valence-corrected chi connectivity index (χ4v) is 6.79. The van der Waals surface area contributed by atoms with E-state index in [1.54, 1.807) is 18.2 Å². The molecule has 5 rings (SSSR count). The topological polar surface area (TPSA) is 99.1 Å². The Morgan fingerprint density at radius 2 is 1.70 bits per heavy atom. The first-order valence-electron chi connectivity index (χ1n) is 15.0. The van der Waals surface area contributed by atoms with Gasteiger partial charge in [-0.05, 0) is 62.3 Å². The van der Waals surface area contributed by atoms with Gasteiger partial charge in [-0.25, -0.2) is 4.39 Å². The Kier molecular flexibility index (Phi) is 10.2. The molecule has 1 aliphatic heterocycles. The van der Waals surface area contributed by atoms with Crippen molar-refractivity contribution in [1.29, 1.82) is 0 Å². The molecule has 44 heavy (non-hydrogen) atoms. The monoisotopic (exact) mass is 627 g/mol. The molecule has 0 radical (unpaired) electrons. The Bertz CT molecular complexity index is 1520. The maximum absolute atomic E-state index is 15.4. The molecule has 2 atom stereocenters. The molecule has 3 aromatic rings. The van der Waals surface area contributed by atoms with Crippen molar-refractivity contribution in [3.05, 3.63) is 64.6 Å². The van der Waals surface area contributed by atoms with Gasteiger partial charge in [-0.1, -0.05) is 29.8 Å². The van der Waals surface area contributed by atoms with Gasteiger partial charge in [0, 0.05) is 31.3 Å². The summed E-state index contributed by atoms with van der Waals surface area (Å²) in [5, 5.41) is 3.63. The number of nitrogens with zero attached hydrogens (tertiary/aromatic N) is 2. The lowest BCUT2D eigenvalue weighted by molar-refractivity contribution is -0.148. The van der Waals surface area contributed by atoms with E-state index in [0.717, 1.165) is 55.5 Å². The summed E-state index contributed by atoms with van der Waals surface area (Å²) in [5.41, 5.74) is 1.62. The number of aromatic nitrogens is 1. The number of rotatable bonds is 10. The summed E-state index contributed by atoms with van der Waals surface area (Å²) in [6.07, 6.45) is 6.00. The highest BCUT2D eigenvalue weighted by atomic mass is 35.5. The van der Waals surface area contributed by atoms with E-state index in [1.165, 1.54) is 13.2 Å². The molecule has 2 heterocycles. The summed E-state index contributed by atoms with van der Waals surface area (Å²) in [4.78, 5) is 40.3. The van der Waals surface area contributed by atoms with Crippen LogP contribution in [-0.2, 0) is 37.3 Å². The summed E-state index contributed by atoms with van der Waals surface area (Å²) in [7, 11) is 4.85. The van der Waals surface area contributed by atoms with E-state index in [9.17, 15) is 14.4 Å². The molecule has 1 aliphatic carbocycles. The molecule has 2 aliphatic rings. The average molecular weight is 628 g/mol. The lowest BCUT2D eigenvalue weighted by Gasteiger charge is -2.33. The molecule has 0 spiro atoms. The molecular weight excluding hydrogens is 589 g/mol. The number of para-hydroxylation sites is 1. The number of anilines is 1. The van der Waals surface area contributed by atoms with Gasteiger partial charge in [-0.3, -0.25) is 14.4 Å². The Morgan fingerprint density at radius 1 is 1.00 bits per heavy atom. The van der Waals surface area contributed by atoms with Crippen LogP contribution in [0.2, 0.25) is 5.02 Å². The molecule has 1 aromatic heterocycles. The smallest absolute Gasteiger partial charge is 0.308 e. The van der Waals surface area contributed by atoms with Gasteiger partial charge >= 0.3 is 5.97 Å². The zero-order chi connectivity index (χ0) is 31.4. The van der Waals surface area contributed by atoms with Crippen LogP contribution in [0.25, 0.3) is 10.9 Å². The second-order valence-corrected chi connectivity index (χ2v) is 12.1.